The van der Waals surface area contributed by atoms with E-state index >= 15 is 0 Å². The van der Waals surface area contributed by atoms with Gasteiger partial charge in [-0.1, -0.05) is 0 Å². The molecule has 2 heterocycles. The molecule has 14 heavy (non-hydrogen) atoms. The Labute approximate surface area is 79.8 Å². The summed E-state index contributed by atoms with van der Waals surface area (Å²) in [4.78, 5) is 17.8. The molecule has 0 unspecified atom stereocenters. The zero-order valence-electron chi connectivity index (χ0n) is 7.53. The van der Waals surface area contributed by atoms with Gasteiger partial charge in [-0.05, 0) is 24.6 Å². The van der Waals surface area contributed by atoms with Gasteiger partial charge in [0.15, 0.2) is 0 Å². The van der Waals surface area contributed by atoms with E-state index in [4.69, 9.17) is 5.26 Å². The first-order valence-electron chi connectivity index (χ1n) is 4.11. The predicted octanol–water partition coefficient (Wildman–Crippen LogP) is 1.10. The highest BCUT2D eigenvalue weighted by Gasteiger charge is 2.02. The Morgan fingerprint density at radius 3 is 3.00 bits per heavy atom. The van der Waals surface area contributed by atoms with Crippen LogP contribution in [-0.4, -0.2) is 9.97 Å². The summed E-state index contributed by atoms with van der Waals surface area (Å²) in [6.07, 6.45) is 0. The largest absolute Gasteiger partial charge is 0.321 e. The SMILES string of the molecule is Cc1cc2[nH]c(=O)ccc2nc1C#N. The van der Waals surface area contributed by atoms with Gasteiger partial charge in [-0.2, -0.15) is 5.26 Å². The molecule has 68 valence electrons. The first kappa shape index (κ1) is 8.45. The maximum atomic E-state index is 11.0. The van der Waals surface area contributed by atoms with Crippen LogP contribution >= 0.6 is 0 Å². The molecule has 4 heteroatoms. The van der Waals surface area contributed by atoms with Crippen LogP contribution in [0.5, 0.6) is 0 Å². The quantitative estimate of drug-likeness (QED) is 0.668. The van der Waals surface area contributed by atoms with Gasteiger partial charge in [-0.15, -0.1) is 0 Å². The third-order valence-corrected chi connectivity index (χ3v) is 2.00. The number of nitriles is 1. The Bertz CT molecular complexity index is 592. The molecule has 0 aliphatic heterocycles. The fourth-order valence-electron chi connectivity index (χ4n) is 1.30. The van der Waals surface area contributed by atoms with E-state index in [9.17, 15) is 4.79 Å². The van der Waals surface area contributed by atoms with Crippen LogP contribution in [0.15, 0.2) is 23.0 Å². The highest BCUT2D eigenvalue weighted by Crippen LogP contribution is 2.11. The number of aromatic nitrogens is 2. The van der Waals surface area contributed by atoms with Crippen molar-refractivity contribution in [2.75, 3.05) is 0 Å². The molecule has 0 fully saturated rings. The summed E-state index contributed by atoms with van der Waals surface area (Å²) in [6.45, 7) is 1.79. The molecule has 0 aliphatic carbocycles. The van der Waals surface area contributed by atoms with Gasteiger partial charge < -0.3 is 4.98 Å². The minimum absolute atomic E-state index is 0.164. The van der Waals surface area contributed by atoms with Crippen LogP contribution in [0.25, 0.3) is 11.0 Å². The molecule has 0 spiro atoms. The van der Waals surface area contributed by atoms with Crippen LogP contribution in [0.3, 0.4) is 0 Å². The zero-order valence-corrected chi connectivity index (χ0v) is 7.53. The van der Waals surface area contributed by atoms with E-state index < -0.39 is 0 Å². The van der Waals surface area contributed by atoms with Crippen LogP contribution in [0.4, 0.5) is 0 Å². The summed E-state index contributed by atoms with van der Waals surface area (Å²) in [5.41, 5.74) is 2.29. The predicted molar refractivity (Wildman–Crippen MR) is 51.8 cm³/mol. The van der Waals surface area contributed by atoms with Crippen molar-refractivity contribution in [3.8, 4) is 6.07 Å². The molecule has 2 aromatic rings. The first-order chi connectivity index (χ1) is 6.70. The highest BCUT2D eigenvalue weighted by atomic mass is 16.1. The molecule has 0 saturated heterocycles. The van der Waals surface area contributed by atoms with Gasteiger partial charge in [0.2, 0.25) is 5.56 Å². The van der Waals surface area contributed by atoms with Crippen LogP contribution in [-0.2, 0) is 0 Å². The van der Waals surface area contributed by atoms with Crippen molar-refractivity contribution in [2.45, 2.75) is 6.92 Å². The molecule has 0 atom stereocenters. The van der Waals surface area contributed by atoms with E-state index in [0.717, 1.165) is 5.56 Å². The second-order valence-corrected chi connectivity index (χ2v) is 3.02. The van der Waals surface area contributed by atoms with E-state index in [-0.39, 0.29) is 5.56 Å². The summed E-state index contributed by atoms with van der Waals surface area (Å²) in [5.74, 6) is 0. The number of hydrogen-bond donors (Lipinski definition) is 1. The number of aryl methyl sites for hydroxylation is 1. The maximum Gasteiger partial charge on any atom is 0.248 e. The van der Waals surface area contributed by atoms with Crippen molar-refractivity contribution < 1.29 is 0 Å². The van der Waals surface area contributed by atoms with Gasteiger partial charge in [0.1, 0.15) is 11.8 Å². The Morgan fingerprint density at radius 2 is 2.29 bits per heavy atom. The molecule has 0 aliphatic rings. The van der Waals surface area contributed by atoms with Gasteiger partial charge >= 0.3 is 0 Å². The molecule has 0 aromatic carbocycles. The number of aromatic amines is 1. The van der Waals surface area contributed by atoms with Crippen molar-refractivity contribution in [2.24, 2.45) is 0 Å². The molecular weight excluding hydrogens is 178 g/mol. The minimum Gasteiger partial charge on any atom is -0.321 e. The summed E-state index contributed by atoms with van der Waals surface area (Å²) >= 11 is 0. The highest BCUT2D eigenvalue weighted by molar-refractivity contribution is 5.75. The summed E-state index contributed by atoms with van der Waals surface area (Å²) in [6, 6.07) is 6.75. The summed E-state index contributed by atoms with van der Waals surface area (Å²) in [5, 5.41) is 8.75. The lowest BCUT2D eigenvalue weighted by molar-refractivity contribution is 1.22. The number of rotatable bonds is 0. The van der Waals surface area contributed by atoms with Crippen molar-refractivity contribution >= 4 is 11.0 Å². The minimum atomic E-state index is -0.164. The Kier molecular flexibility index (Phi) is 1.79. The number of H-pyrrole nitrogens is 1. The second-order valence-electron chi connectivity index (χ2n) is 3.02. The molecular formula is C10H7N3O. The van der Waals surface area contributed by atoms with E-state index in [0.29, 0.717) is 16.7 Å². The molecule has 0 saturated carbocycles. The standard InChI is InChI=1S/C10H7N3O/c1-6-4-8-7(12-9(6)5-11)2-3-10(14)13-8/h2-4H,1H3,(H,13,14). The van der Waals surface area contributed by atoms with E-state index in [1.807, 2.05) is 6.07 Å². The molecule has 2 rings (SSSR count). The topological polar surface area (TPSA) is 69.5 Å². The van der Waals surface area contributed by atoms with E-state index in [2.05, 4.69) is 9.97 Å². The Hall–Kier alpha value is -2.15. The van der Waals surface area contributed by atoms with Crippen LogP contribution in [0.1, 0.15) is 11.3 Å². The average molecular weight is 185 g/mol. The third kappa shape index (κ3) is 1.25. The van der Waals surface area contributed by atoms with E-state index in [1.54, 1.807) is 19.1 Å². The lowest BCUT2D eigenvalue weighted by atomic mass is 10.2. The lowest BCUT2D eigenvalue weighted by Crippen LogP contribution is -2.04. The summed E-state index contributed by atoms with van der Waals surface area (Å²) < 4.78 is 0. The fraction of sp³-hybridized carbons (Fsp3) is 0.100. The van der Waals surface area contributed by atoms with Gasteiger partial charge in [0.05, 0.1) is 11.0 Å². The van der Waals surface area contributed by atoms with Crippen molar-refractivity contribution in [1.82, 2.24) is 9.97 Å². The zero-order chi connectivity index (χ0) is 10.1. The number of nitrogens with zero attached hydrogens (tertiary/aromatic N) is 2. The van der Waals surface area contributed by atoms with Crippen LogP contribution in [0, 0.1) is 18.3 Å². The Balaban J connectivity index is 2.88. The van der Waals surface area contributed by atoms with Crippen molar-refractivity contribution in [1.29, 1.82) is 5.26 Å². The Morgan fingerprint density at radius 1 is 1.50 bits per heavy atom. The molecule has 0 bridgehead atoms. The van der Waals surface area contributed by atoms with Gasteiger partial charge in [0.25, 0.3) is 0 Å². The fourth-order valence-corrected chi connectivity index (χ4v) is 1.30. The second kappa shape index (κ2) is 2.96. The normalized spacial score (nSPS) is 10.0. The van der Waals surface area contributed by atoms with Gasteiger partial charge in [-0.25, -0.2) is 4.98 Å². The molecule has 0 radical (unpaired) electrons. The van der Waals surface area contributed by atoms with Crippen molar-refractivity contribution in [3.05, 3.63) is 39.8 Å². The average Bonchev–Trinajstić information content (AvgIpc) is 2.16. The lowest BCUT2D eigenvalue weighted by Gasteiger charge is -1.99. The molecule has 2 aromatic heterocycles. The van der Waals surface area contributed by atoms with Gasteiger partial charge in [-0.3, -0.25) is 4.79 Å². The van der Waals surface area contributed by atoms with Crippen molar-refractivity contribution in [3.63, 3.8) is 0 Å². The number of fused-ring (bicyclic) bond motifs is 1. The van der Waals surface area contributed by atoms with Gasteiger partial charge in [0, 0.05) is 6.07 Å². The number of pyridine rings is 2. The molecule has 1 N–H and O–H groups in total. The van der Waals surface area contributed by atoms with Crippen LogP contribution < -0.4 is 5.56 Å². The summed E-state index contributed by atoms with van der Waals surface area (Å²) in [7, 11) is 0. The number of hydrogen-bond acceptors (Lipinski definition) is 3. The monoisotopic (exact) mass is 185 g/mol. The number of nitrogens with one attached hydrogen (secondary N) is 1. The maximum absolute atomic E-state index is 11.0. The molecule has 0 amide bonds. The first-order valence-corrected chi connectivity index (χ1v) is 4.11. The molecule has 4 nitrogen and oxygen atoms in total. The van der Waals surface area contributed by atoms with E-state index in [1.165, 1.54) is 6.07 Å². The third-order valence-electron chi connectivity index (χ3n) is 2.00. The van der Waals surface area contributed by atoms with Crippen LogP contribution in [0.2, 0.25) is 0 Å². The smallest absolute Gasteiger partial charge is 0.248 e.